The van der Waals surface area contributed by atoms with Gasteiger partial charge in [-0.05, 0) is 32.9 Å². The number of carbonyl (C=O) groups is 2. The number of halogens is 1. The molecule has 1 aromatic carbocycles. The molecule has 7 heteroatoms. The molecule has 0 radical (unpaired) electrons. The van der Waals surface area contributed by atoms with Crippen LogP contribution in [0.3, 0.4) is 0 Å². The number of urea groups is 1. The molecule has 0 bridgehead atoms. The second kappa shape index (κ2) is 6.03. The van der Waals surface area contributed by atoms with E-state index in [0.717, 1.165) is 0 Å². The maximum atomic E-state index is 13.2. The first-order valence-electron chi connectivity index (χ1n) is 5.58. The minimum Gasteiger partial charge on any atom is -0.443 e. The molecule has 0 spiro atoms. The van der Waals surface area contributed by atoms with Crippen LogP contribution in [0.15, 0.2) is 24.3 Å². The van der Waals surface area contributed by atoms with Gasteiger partial charge in [-0.3, -0.25) is 0 Å². The van der Waals surface area contributed by atoms with Gasteiger partial charge >= 0.3 is 12.1 Å². The van der Waals surface area contributed by atoms with Gasteiger partial charge in [0.25, 0.3) is 0 Å². The van der Waals surface area contributed by atoms with Gasteiger partial charge < -0.3 is 10.1 Å². The van der Waals surface area contributed by atoms with E-state index in [4.69, 9.17) is 4.74 Å². The highest BCUT2D eigenvalue weighted by atomic mass is 19.1. The molecule has 0 aliphatic rings. The normalized spacial score (nSPS) is 10.5. The first-order chi connectivity index (χ1) is 8.78. The second-order valence-electron chi connectivity index (χ2n) is 4.69. The molecule has 0 aromatic heterocycles. The molecule has 0 saturated carbocycles. The van der Waals surface area contributed by atoms with E-state index >= 15 is 0 Å². The number of hydrogen-bond donors (Lipinski definition) is 3. The molecular weight excluding hydrogens is 253 g/mol. The number of nitrogens with one attached hydrogen (secondary N) is 3. The van der Waals surface area contributed by atoms with Crippen LogP contribution in [0.25, 0.3) is 0 Å². The van der Waals surface area contributed by atoms with Crippen molar-refractivity contribution in [3.63, 3.8) is 0 Å². The maximum Gasteiger partial charge on any atom is 0.426 e. The summed E-state index contributed by atoms with van der Waals surface area (Å²) in [6.45, 7) is 5.06. The van der Waals surface area contributed by atoms with Crippen LogP contribution in [0, 0.1) is 5.82 Å². The van der Waals surface area contributed by atoms with Crippen LogP contribution in [0.2, 0.25) is 0 Å². The zero-order valence-corrected chi connectivity index (χ0v) is 10.9. The van der Waals surface area contributed by atoms with Crippen LogP contribution >= 0.6 is 0 Å². The molecule has 1 aromatic rings. The monoisotopic (exact) mass is 269 g/mol. The molecule has 0 fully saturated rings. The molecule has 0 saturated heterocycles. The summed E-state index contributed by atoms with van der Waals surface area (Å²) in [5.41, 5.74) is 3.41. The van der Waals surface area contributed by atoms with Crippen molar-refractivity contribution in [3.8, 4) is 0 Å². The smallest absolute Gasteiger partial charge is 0.426 e. The number of hydrogen-bond acceptors (Lipinski definition) is 3. The Bertz CT molecular complexity index is 472. The summed E-state index contributed by atoms with van der Waals surface area (Å²) in [5, 5.41) is 2.23. The minimum absolute atomic E-state index is 0.00555. The number of rotatable bonds is 1. The van der Waals surface area contributed by atoms with Gasteiger partial charge in [0.15, 0.2) is 0 Å². The molecule has 104 valence electrons. The van der Waals surface area contributed by atoms with Gasteiger partial charge in [-0.25, -0.2) is 24.8 Å². The molecule has 3 amide bonds. The van der Waals surface area contributed by atoms with Gasteiger partial charge in [0.05, 0.1) is 5.69 Å². The standard InChI is InChI=1S/C12H16FN3O3/c1-12(2,3)19-11(18)16-15-10(17)14-9-7-5-4-6-8(9)13/h4-7H,1-3H3,(H,16,18)(H2,14,15,17). The van der Waals surface area contributed by atoms with Crippen molar-refractivity contribution in [3.05, 3.63) is 30.1 Å². The van der Waals surface area contributed by atoms with Crippen molar-refractivity contribution in [2.45, 2.75) is 26.4 Å². The Labute approximate surface area is 110 Å². The van der Waals surface area contributed by atoms with Gasteiger partial charge in [0.1, 0.15) is 11.4 Å². The molecule has 0 aliphatic heterocycles. The van der Waals surface area contributed by atoms with Crippen LogP contribution < -0.4 is 16.2 Å². The molecule has 6 nitrogen and oxygen atoms in total. The van der Waals surface area contributed by atoms with Crippen LogP contribution in [-0.2, 0) is 4.74 Å². The summed E-state index contributed by atoms with van der Waals surface area (Å²) in [4.78, 5) is 22.6. The number of benzene rings is 1. The van der Waals surface area contributed by atoms with Gasteiger partial charge in [-0.2, -0.15) is 0 Å². The summed E-state index contributed by atoms with van der Waals surface area (Å²) in [6, 6.07) is 4.88. The lowest BCUT2D eigenvalue weighted by Crippen LogP contribution is -2.46. The Morgan fingerprint density at radius 3 is 2.37 bits per heavy atom. The fraction of sp³-hybridized carbons (Fsp3) is 0.333. The Morgan fingerprint density at radius 2 is 1.79 bits per heavy atom. The molecule has 19 heavy (non-hydrogen) atoms. The van der Waals surface area contributed by atoms with E-state index in [9.17, 15) is 14.0 Å². The number of carbonyl (C=O) groups excluding carboxylic acids is 2. The maximum absolute atomic E-state index is 13.2. The zero-order valence-electron chi connectivity index (χ0n) is 10.9. The number of amides is 3. The Morgan fingerprint density at radius 1 is 1.16 bits per heavy atom. The number of para-hydroxylation sites is 1. The summed E-state index contributed by atoms with van der Waals surface area (Å²) >= 11 is 0. The Kier molecular flexibility index (Phi) is 4.68. The average molecular weight is 269 g/mol. The molecule has 1 rings (SSSR count). The van der Waals surface area contributed by atoms with Crippen molar-refractivity contribution >= 4 is 17.8 Å². The second-order valence-corrected chi connectivity index (χ2v) is 4.69. The molecule has 3 N–H and O–H groups in total. The highest BCUT2D eigenvalue weighted by molar-refractivity contribution is 5.90. The van der Waals surface area contributed by atoms with Gasteiger partial charge in [0.2, 0.25) is 0 Å². The van der Waals surface area contributed by atoms with Crippen molar-refractivity contribution < 1.29 is 18.7 Å². The first kappa shape index (κ1) is 14.7. The third-order valence-electron chi connectivity index (χ3n) is 1.80. The highest BCUT2D eigenvalue weighted by Gasteiger charge is 2.16. The summed E-state index contributed by atoms with van der Waals surface area (Å²) < 4.78 is 18.1. The summed E-state index contributed by atoms with van der Waals surface area (Å²) in [7, 11) is 0. The highest BCUT2D eigenvalue weighted by Crippen LogP contribution is 2.11. The van der Waals surface area contributed by atoms with E-state index in [0.29, 0.717) is 0 Å². The lowest BCUT2D eigenvalue weighted by atomic mass is 10.2. The molecule has 0 aliphatic carbocycles. The predicted octanol–water partition coefficient (Wildman–Crippen LogP) is 2.39. The van der Waals surface area contributed by atoms with E-state index in [1.54, 1.807) is 26.8 Å². The summed E-state index contributed by atoms with van der Waals surface area (Å²) in [5.74, 6) is -0.574. The topological polar surface area (TPSA) is 79.5 Å². The molecule has 0 atom stereocenters. The van der Waals surface area contributed by atoms with Crippen LogP contribution in [0.4, 0.5) is 19.7 Å². The quantitative estimate of drug-likeness (QED) is 0.685. The first-order valence-corrected chi connectivity index (χ1v) is 5.58. The van der Waals surface area contributed by atoms with E-state index in [-0.39, 0.29) is 5.69 Å². The van der Waals surface area contributed by atoms with E-state index < -0.39 is 23.5 Å². The Balaban J connectivity index is 2.41. The van der Waals surface area contributed by atoms with E-state index in [1.165, 1.54) is 18.2 Å². The lowest BCUT2D eigenvalue weighted by molar-refractivity contribution is 0.0506. The van der Waals surface area contributed by atoms with Gasteiger partial charge in [0, 0.05) is 0 Å². The van der Waals surface area contributed by atoms with Crippen LogP contribution in [-0.4, -0.2) is 17.7 Å². The van der Waals surface area contributed by atoms with Crippen molar-refractivity contribution in [2.24, 2.45) is 0 Å². The zero-order chi connectivity index (χ0) is 14.5. The largest absolute Gasteiger partial charge is 0.443 e. The number of anilines is 1. The van der Waals surface area contributed by atoms with Crippen LogP contribution in [0.5, 0.6) is 0 Å². The third kappa shape index (κ3) is 5.71. The fourth-order valence-electron chi connectivity index (χ4n) is 1.13. The molecular formula is C12H16FN3O3. The molecule has 0 unspecified atom stereocenters. The van der Waals surface area contributed by atoms with Crippen LogP contribution in [0.1, 0.15) is 20.8 Å². The Hall–Kier alpha value is -2.31. The summed E-state index contributed by atoms with van der Waals surface area (Å²) in [6.07, 6.45) is -0.809. The van der Waals surface area contributed by atoms with Crippen molar-refractivity contribution in [1.29, 1.82) is 0 Å². The number of hydrazine groups is 1. The van der Waals surface area contributed by atoms with E-state index in [1.807, 2.05) is 10.9 Å². The SMILES string of the molecule is CC(C)(C)OC(=O)NNC(=O)Nc1ccccc1F. The third-order valence-corrected chi connectivity index (χ3v) is 1.80. The average Bonchev–Trinajstić information content (AvgIpc) is 2.27. The fourth-order valence-corrected chi connectivity index (χ4v) is 1.13. The number of ether oxygens (including phenoxy) is 1. The predicted molar refractivity (Wildman–Crippen MR) is 67.9 cm³/mol. The molecule has 0 heterocycles. The lowest BCUT2D eigenvalue weighted by Gasteiger charge is -2.19. The van der Waals surface area contributed by atoms with Gasteiger partial charge in [-0.1, -0.05) is 12.1 Å². The van der Waals surface area contributed by atoms with Gasteiger partial charge in [-0.15, -0.1) is 0 Å². The minimum atomic E-state index is -0.809. The van der Waals surface area contributed by atoms with Crippen molar-refractivity contribution in [2.75, 3.05) is 5.32 Å². The van der Waals surface area contributed by atoms with Crippen molar-refractivity contribution in [1.82, 2.24) is 10.9 Å². The van der Waals surface area contributed by atoms with E-state index in [2.05, 4.69) is 5.32 Å².